The van der Waals surface area contributed by atoms with Gasteiger partial charge in [-0.15, -0.1) is 10.2 Å². The Hall–Kier alpha value is -2.61. The minimum atomic E-state index is -0.683. The zero-order valence-corrected chi connectivity index (χ0v) is 13.8. The van der Waals surface area contributed by atoms with E-state index in [-0.39, 0.29) is 35.4 Å². The molecule has 2 aromatic rings. The molecule has 1 aliphatic heterocycles. The van der Waals surface area contributed by atoms with Crippen molar-refractivity contribution in [1.29, 1.82) is 0 Å². The molecule has 0 bridgehead atoms. The van der Waals surface area contributed by atoms with Crippen LogP contribution in [-0.2, 0) is 9.53 Å². The van der Waals surface area contributed by atoms with Crippen molar-refractivity contribution in [2.75, 3.05) is 13.7 Å². The van der Waals surface area contributed by atoms with Crippen molar-refractivity contribution in [3.63, 3.8) is 0 Å². The molecule has 1 fully saturated rings. The number of halogens is 2. The quantitative estimate of drug-likeness (QED) is 0.849. The van der Waals surface area contributed by atoms with Gasteiger partial charge in [-0.2, -0.15) is 0 Å². The number of hydrogen-bond acceptors (Lipinski definition) is 5. The highest BCUT2D eigenvalue weighted by molar-refractivity contribution is 5.74. The number of amides is 1. The van der Waals surface area contributed by atoms with Crippen LogP contribution in [0.1, 0.15) is 36.7 Å². The van der Waals surface area contributed by atoms with E-state index in [1.54, 1.807) is 12.0 Å². The summed E-state index contributed by atoms with van der Waals surface area (Å²) in [4.78, 5) is 13.4. The smallest absolute Gasteiger partial charge is 0.240 e. The SMILES string of the molecule is CO[C@H]1C[C@H](c2nnc(/C=C/c3c(F)cccc3F)o2)N(C(C)=O)C1. The molecule has 0 spiro atoms. The highest BCUT2D eigenvalue weighted by Gasteiger charge is 2.38. The van der Waals surface area contributed by atoms with Crippen LogP contribution in [0, 0.1) is 11.6 Å². The Morgan fingerprint density at radius 1 is 1.32 bits per heavy atom. The highest BCUT2D eigenvalue weighted by atomic mass is 19.1. The third-order valence-electron chi connectivity index (χ3n) is 4.13. The van der Waals surface area contributed by atoms with Crippen LogP contribution >= 0.6 is 0 Å². The van der Waals surface area contributed by atoms with E-state index < -0.39 is 11.6 Å². The van der Waals surface area contributed by atoms with Crippen molar-refractivity contribution in [2.45, 2.75) is 25.5 Å². The van der Waals surface area contributed by atoms with E-state index >= 15 is 0 Å². The molecule has 3 rings (SSSR count). The molecule has 0 saturated carbocycles. The number of likely N-dealkylation sites (tertiary alicyclic amines) is 1. The zero-order chi connectivity index (χ0) is 18.0. The van der Waals surface area contributed by atoms with E-state index in [0.29, 0.717) is 13.0 Å². The second kappa shape index (κ2) is 7.10. The fourth-order valence-electron chi connectivity index (χ4n) is 2.82. The molecule has 0 N–H and O–H groups in total. The molecule has 0 unspecified atom stereocenters. The maximum atomic E-state index is 13.6. The number of nitrogens with zero attached hydrogens (tertiary/aromatic N) is 3. The first-order chi connectivity index (χ1) is 12.0. The van der Waals surface area contributed by atoms with Gasteiger partial charge in [-0.25, -0.2) is 8.78 Å². The average Bonchev–Trinajstić information content (AvgIpc) is 3.20. The molecule has 1 aliphatic rings. The molecule has 25 heavy (non-hydrogen) atoms. The number of benzene rings is 1. The monoisotopic (exact) mass is 349 g/mol. The lowest BCUT2D eigenvalue weighted by Gasteiger charge is -2.19. The van der Waals surface area contributed by atoms with Gasteiger partial charge in [0, 0.05) is 38.6 Å². The van der Waals surface area contributed by atoms with Gasteiger partial charge in [0.25, 0.3) is 0 Å². The molecule has 6 nitrogen and oxygen atoms in total. The van der Waals surface area contributed by atoms with Crippen LogP contribution in [0.5, 0.6) is 0 Å². The first kappa shape index (κ1) is 17.2. The Bertz CT molecular complexity index is 786. The van der Waals surface area contributed by atoms with E-state index in [2.05, 4.69) is 10.2 Å². The van der Waals surface area contributed by atoms with E-state index in [1.807, 2.05) is 0 Å². The third kappa shape index (κ3) is 3.58. The highest BCUT2D eigenvalue weighted by Crippen LogP contribution is 2.32. The summed E-state index contributed by atoms with van der Waals surface area (Å²) < 4.78 is 38.1. The van der Waals surface area contributed by atoms with Crippen LogP contribution in [0.25, 0.3) is 12.2 Å². The van der Waals surface area contributed by atoms with Crippen molar-refractivity contribution in [2.24, 2.45) is 0 Å². The first-order valence-electron chi connectivity index (χ1n) is 7.75. The standard InChI is InChI=1S/C17H17F2N3O3/c1-10(23)22-9-11(24-2)8-15(22)17-21-20-16(25-17)7-6-12-13(18)4-3-5-14(12)19/h3-7,11,15H,8-9H2,1-2H3/b7-6+/t11-,15+/m0/s1. The van der Waals surface area contributed by atoms with Crippen molar-refractivity contribution >= 4 is 18.1 Å². The van der Waals surface area contributed by atoms with Crippen LogP contribution < -0.4 is 0 Å². The summed E-state index contributed by atoms with van der Waals surface area (Å²) in [6.07, 6.45) is 3.01. The fraction of sp³-hybridized carbons (Fsp3) is 0.353. The summed E-state index contributed by atoms with van der Waals surface area (Å²) in [5.74, 6) is -1.12. The van der Waals surface area contributed by atoms with Gasteiger partial charge in [0.05, 0.1) is 6.10 Å². The van der Waals surface area contributed by atoms with E-state index in [0.717, 1.165) is 12.1 Å². The van der Waals surface area contributed by atoms with Gasteiger partial charge < -0.3 is 14.1 Å². The van der Waals surface area contributed by atoms with Gasteiger partial charge in [-0.3, -0.25) is 4.79 Å². The zero-order valence-electron chi connectivity index (χ0n) is 13.8. The van der Waals surface area contributed by atoms with Crippen molar-refractivity contribution in [3.8, 4) is 0 Å². The van der Waals surface area contributed by atoms with Crippen molar-refractivity contribution in [3.05, 3.63) is 47.2 Å². The summed E-state index contributed by atoms with van der Waals surface area (Å²) in [5, 5.41) is 7.80. The molecular weight excluding hydrogens is 332 g/mol. The summed E-state index contributed by atoms with van der Waals surface area (Å²) in [7, 11) is 1.58. The van der Waals surface area contributed by atoms with Gasteiger partial charge >= 0.3 is 0 Å². The molecule has 132 valence electrons. The van der Waals surface area contributed by atoms with E-state index in [1.165, 1.54) is 25.1 Å². The molecule has 1 aromatic carbocycles. The van der Waals surface area contributed by atoms with Crippen LogP contribution in [-0.4, -0.2) is 40.8 Å². The van der Waals surface area contributed by atoms with Gasteiger partial charge in [0.15, 0.2) is 0 Å². The Kier molecular flexibility index (Phi) is 4.89. The third-order valence-corrected chi connectivity index (χ3v) is 4.13. The summed E-state index contributed by atoms with van der Waals surface area (Å²) >= 11 is 0. The van der Waals surface area contributed by atoms with Gasteiger partial charge in [-0.1, -0.05) is 6.07 Å². The minimum Gasteiger partial charge on any atom is -0.419 e. The number of rotatable bonds is 4. The van der Waals surface area contributed by atoms with Crippen LogP contribution in [0.3, 0.4) is 0 Å². The van der Waals surface area contributed by atoms with Gasteiger partial charge in [-0.05, 0) is 18.2 Å². The Morgan fingerprint density at radius 3 is 2.68 bits per heavy atom. The minimum absolute atomic E-state index is 0.0991. The lowest BCUT2D eigenvalue weighted by molar-refractivity contribution is -0.130. The number of methoxy groups -OCH3 is 1. The molecule has 2 atom stereocenters. The van der Waals surface area contributed by atoms with Crippen molar-refractivity contribution in [1.82, 2.24) is 15.1 Å². The number of aromatic nitrogens is 2. The number of hydrogen-bond donors (Lipinski definition) is 0. The lowest BCUT2D eigenvalue weighted by Crippen LogP contribution is -2.29. The Labute approximate surface area is 143 Å². The topological polar surface area (TPSA) is 68.5 Å². The molecule has 1 saturated heterocycles. The lowest BCUT2D eigenvalue weighted by atomic mass is 10.2. The summed E-state index contributed by atoms with van der Waals surface area (Å²) in [6, 6.07) is 3.24. The average molecular weight is 349 g/mol. The molecule has 0 aliphatic carbocycles. The molecule has 2 heterocycles. The predicted octanol–water partition coefficient (Wildman–Crippen LogP) is 2.83. The molecule has 1 amide bonds. The first-order valence-corrected chi connectivity index (χ1v) is 7.75. The number of ether oxygens (including phenoxy) is 1. The molecule has 8 heteroatoms. The maximum absolute atomic E-state index is 13.6. The van der Waals surface area contributed by atoms with Gasteiger partial charge in [0.1, 0.15) is 17.7 Å². The van der Waals surface area contributed by atoms with Crippen LogP contribution in [0.2, 0.25) is 0 Å². The molecule has 0 radical (unpaired) electrons. The summed E-state index contributed by atoms with van der Waals surface area (Å²) in [6.45, 7) is 1.91. The Morgan fingerprint density at radius 2 is 2.04 bits per heavy atom. The van der Waals surface area contributed by atoms with Gasteiger partial charge in [0.2, 0.25) is 17.7 Å². The second-order valence-electron chi connectivity index (χ2n) is 5.73. The number of carbonyl (C=O) groups is 1. The van der Waals surface area contributed by atoms with E-state index in [9.17, 15) is 13.6 Å². The van der Waals surface area contributed by atoms with Crippen molar-refractivity contribution < 1.29 is 22.7 Å². The molecule has 1 aromatic heterocycles. The predicted molar refractivity (Wildman–Crippen MR) is 85.1 cm³/mol. The molecular formula is C17H17F2N3O3. The second-order valence-corrected chi connectivity index (χ2v) is 5.73. The Balaban J connectivity index is 1.80. The van der Waals surface area contributed by atoms with E-state index in [4.69, 9.17) is 9.15 Å². The largest absolute Gasteiger partial charge is 0.419 e. The maximum Gasteiger partial charge on any atom is 0.240 e. The fourth-order valence-corrected chi connectivity index (χ4v) is 2.82. The number of carbonyl (C=O) groups excluding carboxylic acids is 1. The normalized spacial score (nSPS) is 20.6. The van der Waals surface area contributed by atoms with Crippen LogP contribution in [0.15, 0.2) is 22.6 Å². The summed E-state index contributed by atoms with van der Waals surface area (Å²) in [5.41, 5.74) is -0.187. The van der Waals surface area contributed by atoms with Crippen LogP contribution in [0.4, 0.5) is 8.78 Å².